The molecule has 1 rings (SSSR count). The Balaban J connectivity index is 0.000000371. The molecule has 10 heavy (non-hydrogen) atoms. The van der Waals surface area contributed by atoms with Crippen LogP contribution in [-0.4, -0.2) is 0 Å². The zero-order valence-electron chi connectivity index (χ0n) is 5.89. The summed E-state index contributed by atoms with van der Waals surface area (Å²) in [7, 11) is 0. The minimum Gasteiger partial charge on any atom is -0.195 e. The Morgan fingerprint density at radius 2 is 2.10 bits per heavy atom. The SMILES string of the molecule is CC.N#Cc1ccc(F)s1. The molecule has 0 fully saturated rings. The molecule has 0 spiro atoms. The number of thiophene rings is 1. The van der Waals surface area contributed by atoms with Gasteiger partial charge in [0.05, 0.1) is 0 Å². The first-order chi connectivity index (χ1) is 4.83. The Kier molecular flexibility index (Phi) is 4.51. The van der Waals surface area contributed by atoms with Crippen LogP contribution < -0.4 is 0 Å². The van der Waals surface area contributed by atoms with Crippen molar-refractivity contribution in [2.45, 2.75) is 13.8 Å². The molecule has 54 valence electrons. The molecule has 0 aromatic carbocycles. The molecule has 0 unspecified atom stereocenters. The third kappa shape index (κ3) is 2.60. The van der Waals surface area contributed by atoms with Crippen molar-refractivity contribution in [3.05, 3.63) is 22.1 Å². The summed E-state index contributed by atoms with van der Waals surface area (Å²) in [4.78, 5) is 0.419. The van der Waals surface area contributed by atoms with Crippen LogP contribution in [0, 0.1) is 16.5 Å². The first-order valence-electron chi connectivity index (χ1n) is 2.98. The molecule has 0 aliphatic carbocycles. The van der Waals surface area contributed by atoms with Crippen molar-refractivity contribution in [2.75, 3.05) is 0 Å². The van der Waals surface area contributed by atoms with Gasteiger partial charge in [0.2, 0.25) is 0 Å². The maximum absolute atomic E-state index is 12.0. The topological polar surface area (TPSA) is 23.8 Å². The van der Waals surface area contributed by atoms with Gasteiger partial charge in [-0.2, -0.15) is 9.65 Å². The van der Waals surface area contributed by atoms with Gasteiger partial charge < -0.3 is 0 Å². The van der Waals surface area contributed by atoms with Gasteiger partial charge in [-0.15, -0.1) is 0 Å². The van der Waals surface area contributed by atoms with Gasteiger partial charge >= 0.3 is 0 Å². The summed E-state index contributed by atoms with van der Waals surface area (Å²) in [6.07, 6.45) is 0. The standard InChI is InChI=1S/C5H2FNS.C2H6/c6-5-2-1-4(3-7)8-5;1-2/h1-2H;1-2H3. The second-order valence-electron chi connectivity index (χ2n) is 1.22. The molecule has 0 N–H and O–H groups in total. The van der Waals surface area contributed by atoms with E-state index in [1.165, 1.54) is 12.1 Å². The van der Waals surface area contributed by atoms with Crippen LogP contribution in [-0.2, 0) is 0 Å². The maximum atomic E-state index is 12.0. The van der Waals surface area contributed by atoms with Crippen LogP contribution >= 0.6 is 11.3 Å². The van der Waals surface area contributed by atoms with Crippen LogP contribution in [0.15, 0.2) is 12.1 Å². The summed E-state index contributed by atoms with van der Waals surface area (Å²) in [5.74, 6) is 0. The van der Waals surface area contributed by atoms with Crippen molar-refractivity contribution < 1.29 is 4.39 Å². The summed E-state index contributed by atoms with van der Waals surface area (Å²) in [5.41, 5.74) is 0. The third-order valence-corrected chi connectivity index (χ3v) is 1.46. The van der Waals surface area contributed by atoms with E-state index < -0.39 is 0 Å². The number of nitriles is 1. The largest absolute Gasteiger partial charge is 0.195 e. The molecular formula is C7H8FNS. The van der Waals surface area contributed by atoms with Gasteiger partial charge in [0, 0.05) is 0 Å². The Morgan fingerprint density at radius 1 is 1.50 bits per heavy atom. The number of nitrogens with zero attached hydrogens (tertiary/aromatic N) is 1. The van der Waals surface area contributed by atoms with Crippen molar-refractivity contribution in [2.24, 2.45) is 0 Å². The third-order valence-electron chi connectivity index (χ3n) is 0.683. The van der Waals surface area contributed by atoms with E-state index in [-0.39, 0.29) is 5.13 Å². The minimum atomic E-state index is -0.304. The lowest BCUT2D eigenvalue weighted by atomic mass is 10.5. The van der Waals surface area contributed by atoms with Crippen molar-refractivity contribution in [3.63, 3.8) is 0 Å². The van der Waals surface area contributed by atoms with Gasteiger partial charge in [-0.05, 0) is 12.1 Å². The fourth-order valence-electron chi connectivity index (χ4n) is 0.374. The summed E-state index contributed by atoms with van der Waals surface area (Å²) < 4.78 is 12.0. The zero-order chi connectivity index (χ0) is 7.98. The first kappa shape index (κ1) is 9.12. The quantitative estimate of drug-likeness (QED) is 0.568. The Hall–Kier alpha value is -0.880. The van der Waals surface area contributed by atoms with Crippen LogP contribution in [0.5, 0.6) is 0 Å². The number of halogens is 1. The molecule has 1 nitrogen and oxygen atoms in total. The lowest BCUT2D eigenvalue weighted by Gasteiger charge is -1.65. The number of rotatable bonds is 0. The van der Waals surface area contributed by atoms with Crippen molar-refractivity contribution in [1.82, 2.24) is 0 Å². The monoisotopic (exact) mass is 157 g/mol. The van der Waals surface area contributed by atoms with E-state index in [2.05, 4.69) is 0 Å². The van der Waals surface area contributed by atoms with Gasteiger partial charge in [-0.1, -0.05) is 25.2 Å². The highest BCUT2D eigenvalue weighted by atomic mass is 32.1. The van der Waals surface area contributed by atoms with Gasteiger partial charge in [0.25, 0.3) is 0 Å². The van der Waals surface area contributed by atoms with E-state index >= 15 is 0 Å². The predicted octanol–water partition coefficient (Wildman–Crippen LogP) is 2.79. The Labute approximate surface area is 63.7 Å². The average molecular weight is 157 g/mol. The fraction of sp³-hybridized carbons (Fsp3) is 0.286. The molecule has 1 aromatic heterocycles. The lowest BCUT2D eigenvalue weighted by Crippen LogP contribution is -1.50. The van der Waals surface area contributed by atoms with Crippen LogP contribution in [0.3, 0.4) is 0 Å². The summed E-state index contributed by atoms with van der Waals surface area (Å²) >= 11 is 0.860. The van der Waals surface area contributed by atoms with Crippen molar-refractivity contribution in [1.29, 1.82) is 5.26 Å². The first-order valence-corrected chi connectivity index (χ1v) is 3.80. The Bertz CT molecular complexity index is 224. The summed E-state index contributed by atoms with van der Waals surface area (Å²) in [5, 5.41) is 7.84. The summed E-state index contributed by atoms with van der Waals surface area (Å²) in [6, 6.07) is 4.57. The van der Waals surface area contributed by atoms with Crippen LogP contribution in [0.2, 0.25) is 0 Å². The number of hydrogen-bond donors (Lipinski definition) is 0. The van der Waals surface area contributed by atoms with Gasteiger partial charge in [0.1, 0.15) is 10.9 Å². The molecule has 0 atom stereocenters. The molecule has 0 saturated heterocycles. The highest BCUT2D eigenvalue weighted by molar-refractivity contribution is 7.10. The van der Waals surface area contributed by atoms with Crippen LogP contribution in [0.4, 0.5) is 4.39 Å². The summed E-state index contributed by atoms with van der Waals surface area (Å²) in [6.45, 7) is 4.00. The highest BCUT2D eigenvalue weighted by Gasteiger charge is 1.93. The van der Waals surface area contributed by atoms with Gasteiger partial charge in [0.15, 0.2) is 5.13 Å². The number of hydrogen-bond acceptors (Lipinski definition) is 2. The van der Waals surface area contributed by atoms with E-state index in [1.54, 1.807) is 0 Å². The fourth-order valence-corrected chi connectivity index (χ4v) is 0.902. The second-order valence-corrected chi connectivity index (χ2v) is 2.25. The molecule has 1 heterocycles. The lowest BCUT2D eigenvalue weighted by molar-refractivity contribution is 0.657. The highest BCUT2D eigenvalue weighted by Crippen LogP contribution is 2.11. The van der Waals surface area contributed by atoms with Crippen molar-refractivity contribution >= 4 is 11.3 Å². The zero-order valence-corrected chi connectivity index (χ0v) is 6.70. The van der Waals surface area contributed by atoms with E-state index in [9.17, 15) is 4.39 Å². The van der Waals surface area contributed by atoms with Crippen LogP contribution in [0.1, 0.15) is 18.7 Å². The van der Waals surface area contributed by atoms with Gasteiger partial charge in [-0.3, -0.25) is 0 Å². The molecule has 3 heteroatoms. The Morgan fingerprint density at radius 3 is 2.30 bits per heavy atom. The van der Waals surface area contributed by atoms with Crippen LogP contribution in [0.25, 0.3) is 0 Å². The molecular weight excluding hydrogens is 149 g/mol. The smallest absolute Gasteiger partial charge is 0.177 e. The second kappa shape index (κ2) is 4.95. The van der Waals surface area contributed by atoms with E-state index in [1.807, 2.05) is 19.9 Å². The normalized spacial score (nSPS) is 7.40. The molecule has 0 saturated carbocycles. The molecule has 0 aliphatic heterocycles. The van der Waals surface area contributed by atoms with Crippen molar-refractivity contribution in [3.8, 4) is 6.07 Å². The van der Waals surface area contributed by atoms with E-state index in [4.69, 9.17) is 5.26 Å². The molecule has 0 amide bonds. The molecule has 0 radical (unpaired) electrons. The van der Waals surface area contributed by atoms with Gasteiger partial charge in [-0.25, -0.2) is 0 Å². The predicted molar refractivity (Wildman–Crippen MR) is 40.3 cm³/mol. The molecule has 0 aliphatic rings. The van der Waals surface area contributed by atoms with E-state index in [0.717, 1.165) is 11.3 Å². The molecule has 1 aromatic rings. The molecule has 0 bridgehead atoms. The minimum absolute atomic E-state index is 0.304. The average Bonchev–Trinajstić information content (AvgIpc) is 2.40. The van der Waals surface area contributed by atoms with E-state index in [0.29, 0.717) is 4.88 Å². The maximum Gasteiger partial charge on any atom is 0.177 e.